The normalized spacial score (nSPS) is 18.0. The summed E-state index contributed by atoms with van der Waals surface area (Å²) < 4.78 is 0. The second-order valence-corrected chi connectivity index (χ2v) is 5.50. The molecule has 1 fully saturated rings. The first-order valence-corrected chi connectivity index (χ1v) is 7.12. The van der Waals surface area contributed by atoms with E-state index < -0.39 is 23.9 Å². The summed E-state index contributed by atoms with van der Waals surface area (Å²) in [6.45, 7) is 2.54. The van der Waals surface area contributed by atoms with E-state index in [4.69, 9.17) is 10.8 Å². The predicted molar refractivity (Wildman–Crippen MR) is 76.6 cm³/mol. The molecule has 3 amide bonds. The third-order valence-electron chi connectivity index (χ3n) is 3.67. The van der Waals surface area contributed by atoms with Crippen molar-refractivity contribution in [1.82, 2.24) is 15.5 Å². The third kappa shape index (κ3) is 6.94. The topological polar surface area (TPSA) is 125 Å². The highest BCUT2D eigenvalue weighted by atomic mass is 16.4. The molecule has 21 heavy (non-hydrogen) atoms. The lowest BCUT2D eigenvalue weighted by Crippen LogP contribution is -2.48. The highest BCUT2D eigenvalue weighted by Gasteiger charge is 2.21. The lowest BCUT2D eigenvalue weighted by atomic mass is 9.97. The van der Waals surface area contributed by atoms with E-state index in [2.05, 4.69) is 22.6 Å². The molecule has 8 nitrogen and oxygen atoms in total. The molecule has 0 saturated carbocycles. The van der Waals surface area contributed by atoms with Gasteiger partial charge in [-0.2, -0.15) is 0 Å². The molecule has 5 N–H and O–H groups in total. The Morgan fingerprint density at radius 1 is 1.33 bits per heavy atom. The van der Waals surface area contributed by atoms with Crippen LogP contribution in [0, 0.1) is 5.92 Å². The van der Waals surface area contributed by atoms with Crippen LogP contribution in [-0.4, -0.2) is 60.6 Å². The molecule has 1 atom stereocenters. The van der Waals surface area contributed by atoms with Gasteiger partial charge in [0.2, 0.25) is 5.91 Å². The number of hydrogen-bond acceptors (Lipinski definition) is 4. The third-order valence-corrected chi connectivity index (χ3v) is 3.67. The van der Waals surface area contributed by atoms with E-state index in [1.54, 1.807) is 0 Å². The van der Waals surface area contributed by atoms with Gasteiger partial charge in [0, 0.05) is 13.0 Å². The van der Waals surface area contributed by atoms with E-state index in [-0.39, 0.29) is 12.8 Å². The van der Waals surface area contributed by atoms with Crippen LogP contribution >= 0.6 is 0 Å². The maximum atomic E-state index is 11.7. The number of aliphatic carboxylic acids is 1. The highest BCUT2D eigenvalue weighted by Crippen LogP contribution is 2.14. The molecule has 8 heteroatoms. The molecule has 0 spiro atoms. The number of carbonyl (C=O) groups is 3. The molecule has 1 heterocycles. The molecule has 1 aliphatic heterocycles. The fourth-order valence-electron chi connectivity index (χ4n) is 2.26. The number of urea groups is 1. The number of carbonyl (C=O) groups excluding carboxylic acids is 2. The van der Waals surface area contributed by atoms with Crippen LogP contribution < -0.4 is 16.4 Å². The van der Waals surface area contributed by atoms with Crippen molar-refractivity contribution in [2.75, 3.05) is 26.7 Å². The molecule has 0 radical (unpaired) electrons. The van der Waals surface area contributed by atoms with Crippen LogP contribution in [0.4, 0.5) is 4.79 Å². The van der Waals surface area contributed by atoms with Crippen molar-refractivity contribution < 1.29 is 19.5 Å². The average molecular weight is 300 g/mol. The number of hydrogen-bond donors (Lipinski definition) is 4. The standard InChI is InChI=1S/C13H24N4O4/c1-17-6-4-9(5-7-17)8-15-13(21)16-10(12(19)20)2-3-11(14)18/h9-10H,2-8H2,1H3,(H2,14,18)(H,19,20)(H2,15,16,21)/t10-/m0/s1. The zero-order valence-electron chi connectivity index (χ0n) is 12.3. The Kier molecular flexibility index (Phi) is 6.93. The molecular formula is C13H24N4O4. The Hall–Kier alpha value is -1.83. The SMILES string of the molecule is CN1CCC(CNC(=O)N[C@@H](CCC(N)=O)C(=O)O)CC1. The smallest absolute Gasteiger partial charge is 0.326 e. The van der Waals surface area contributed by atoms with Crippen molar-refractivity contribution in [1.29, 1.82) is 0 Å². The quantitative estimate of drug-likeness (QED) is 0.497. The molecule has 0 bridgehead atoms. The molecule has 0 aromatic carbocycles. The van der Waals surface area contributed by atoms with E-state index >= 15 is 0 Å². The van der Waals surface area contributed by atoms with Crippen LogP contribution in [0.3, 0.4) is 0 Å². The van der Waals surface area contributed by atoms with E-state index in [1.807, 2.05) is 0 Å². The number of amides is 3. The van der Waals surface area contributed by atoms with Gasteiger partial charge in [-0.05, 0) is 45.3 Å². The van der Waals surface area contributed by atoms with Crippen molar-refractivity contribution >= 4 is 17.9 Å². The fraction of sp³-hybridized carbons (Fsp3) is 0.769. The number of nitrogens with one attached hydrogen (secondary N) is 2. The number of nitrogens with zero attached hydrogens (tertiary/aromatic N) is 1. The summed E-state index contributed by atoms with van der Waals surface area (Å²) in [6.07, 6.45) is 1.94. The zero-order valence-corrected chi connectivity index (χ0v) is 12.3. The molecule has 1 saturated heterocycles. The second kappa shape index (κ2) is 8.46. The highest BCUT2D eigenvalue weighted by molar-refractivity contribution is 5.83. The minimum atomic E-state index is -1.18. The Balaban J connectivity index is 2.29. The second-order valence-electron chi connectivity index (χ2n) is 5.50. The van der Waals surface area contributed by atoms with Crippen LogP contribution in [0.2, 0.25) is 0 Å². The van der Waals surface area contributed by atoms with Crippen molar-refractivity contribution in [3.8, 4) is 0 Å². The summed E-state index contributed by atoms with van der Waals surface area (Å²) in [7, 11) is 2.06. The number of primary amides is 1. The number of rotatable bonds is 7. The van der Waals surface area contributed by atoms with Gasteiger partial charge in [0.1, 0.15) is 6.04 Å². The molecule has 0 aromatic heterocycles. The van der Waals surface area contributed by atoms with Crippen LogP contribution in [0.25, 0.3) is 0 Å². The van der Waals surface area contributed by atoms with Gasteiger partial charge in [-0.15, -0.1) is 0 Å². The lowest BCUT2D eigenvalue weighted by molar-refractivity contribution is -0.139. The summed E-state index contributed by atoms with van der Waals surface area (Å²) in [5.74, 6) is -1.35. The lowest BCUT2D eigenvalue weighted by Gasteiger charge is -2.29. The van der Waals surface area contributed by atoms with E-state index in [1.165, 1.54) is 0 Å². The van der Waals surface area contributed by atoms with Crippen molar-refractivity contribution in [3.05, 3.63) is 0 Å². The van der Waals surface area contributed by atoms with Crippen molar-refractivity contribution in [2.24, 2.45) is 11.7 Å². The van der Waals surface area contributed by atoms with Crippen LogP contribution in [0.1, 0.15) is 25.7 Å². The number of carboxylic acids is 1. The molecule has 1 rings (SSSR count). The number of carboxylic acid groups (broad SMARTS) is 1. The monoisotopic (exact) mass is 300 g/mol. The van der Waals surface area contributed by atoms with Gasteiger partial charge in [0.05, 0.1) is 0 Å². The van der Waals surface area contributed by atoms with E-state index in [9.17, 15) is 14.4 Å². The summed E-state index contributed by atoms with van der Waals surface area (Å²) in [4.78, 5) is 35.6. The zero-order chi connectivity index (χ0) is 15.8. The van der Waals surface area contributed by atoms with Crippen molar-refractivity contribution in [2.45, 2.75) is 31.7 Å². The Morgan fingerprint density at radius 3 is 2.48 bits per heavy atom. The number of piperidine rings is 1. The van der Waals surface area contributed by atoms with Gasteiger partial charge in [0.25, 0.3) is 0 Å². The molecule has 0 aromatic rings. The number of likely N-dealkylation sites (tertiary alicyclic amines) is 1. The summed E-state index contributed by atoms with van der Waals surface area (Å²) in [5.41, 5.74) is 4.97. The first-order chi connectivity index (χ1) is 9.88. The first-order valence-electron chi connectivity index (χ1n) is 7.12. The number of nitrogens with two attached hydrogens (primary N) is 1. The van der Waals surface area contributed by atoms with Gasteiger partial charge in [-0.3, -0.25) is 4.79 Å². The van der Waals surface area contributed by atoms with E-state index in [0.29, 0.717) is 12.5 Å². The fourth-order valence-corrected chi connectivity index (χ4v) is 2.26. The molecular weight excluding hydrogens is 276 g/mol. The maximum Gasteiger partial charge on any atom is 0.326 e. The van der Waals surface area contributed by atoms with Gasteiger partial charge < -0.3 is 26.4 Å². The Morgan fingerprint density at radius 2 is 1.95 bits per heavy atom. The summed E-state index contributed by atoms with van der Waals surface area (Å²) >= 11 is 0. The van der Waals surface area contributed by atoms with Crippen LogP contribution in [-0.2, 0) is 9.59 Å². The largest absolute Gasteiger partial charge is 0.480 e. The Labute approximate surface area is 124 Å². The van der Waals surface area contributed by atoms with Gasteiger partial charge in [-0.1, -0.05) is 0 Å². The molecule has 0 unspecified atom stereocenters. The van der Waals surface area contributed by atoms with Crippen molar-refractivity contribution in [3.63, 3.8) is 0 Å². The first kappa shape index (κ1) is 17.2. The molecule has 120 valence electrons. The van der Waals surface area contributed by atoms with Gasteiger partial charge in [-0.25, -0.2) is 9.59 Å². The Bertz CT molecular complexity index is 380. The minimum Gasteiger partial charge on any atom is -0.480 e. The maximum absolute atomic E-state index is 11.7. The van der Waals surface area contributed by atoms with Crippen LogP contribution in [0.15, 0.2) is 0 Å². The van der Waals surface area contributed by atoms with Crippen LogP contribution in [0.5, 0.6) is 0 Å². The summed E-state index contributed by atoms with van der Waals surface area (Å²) in [6, 6.07) is -1.62. The van der Waals surface area contributed by atoms with Gasteiger partial charge >= 0.3 is 12.0 Å². The predicted octanol–water partition coefficient (Wildman–Crippen LogP) is -0.654. The van der Waals surface area contributed by atoms with E-state index in [0.717, 1.165) is 25.9 Å². The van der Waals surface area contributed by atoms with Gasteiger partial charge in [0.15, 0.2) is 0 Å². The molecule has 0 aliphatic carbocycles. The summed E-state index contributed by atoms with van der Waals surface area (Å²) in [5, 5.41) is 14.0. The molecule has 1 aliphatic rings. The average Bonchev–Trinajstić information content (AvgIpc) is 2.42. The minimum absolute atomic E-state index is 0.00763.